The molecule has 0 radical (unpaired) electrons. The molecule has 0 spiro atoms. The van der Waals surface area contributed by atoms with Crippen molar-refractivity contribution in [2.24, 2.45) is 0 Å². The molecule has 0 unspecified atom stereocenters. The Morgan fingerprint density at radius 3 is 2.19 bits per heavy atom. The van der Waals surface area contributed by atoms with E-state index in [2.05, 4.69) is 35.8 Å². The van der Waals surface area contributed by atoms with Crippen LogP contribution in [0.1, 0.15) is 62.3 Å². The second kappa shape index (κ2) is 6.57. The molecule has 0 atom stereocenters. The monoisotopic (exact) mass is 365 g/mol. The SMILES string of the molecule is CC(C)(C)c1ncn(-c2cccc(C(C)(C)c3cccc(C(=O)O)n3)n2)n1. The molecule has 0 fully saturated rings. The van der Waals surface area contributed by atoms with Crippen LogP contribution in [0.2, 0.25) is 0 Å². The van der Waals surface area contributed by atoms with Gasteiger partial charge in [-0.25, -0.2) is 24.4 Å². The van der Waals surface area contributed by atoms with Crippen molar-refractivity contribution in [1.82, 2.24) is 24.7 Å². The first-order valence-corrected chi connectivity index (χ1v) is 8.70. The van der Waals surface area contributed by atoms with Crippen LogP contribution in [0.3, 0.4) is 0 Å². The summed E-state index contributed by atoms with van der Waals surface area (Å²) in [4.78, 5) is 24.6. The van der Waals surface area contributed by atoms with E-state index < -0.39 is 11.4 Å². The molecule has 7 heteroatoms. The molecule has 7 nitrogen and oxygen atoms in total. The highest BCUT2D eigenvalue weighted by Crippen LogP contribution is 2.29. The van der Waals surface area contributed by atoms with Gasteiger partial charge in [-0.05, 0) is 38.1 Å². The van der Waals surface area contributed by atoms with Gasteiger partial charge in [0.1, 0.15) is 12.0 Å². The third-order valence-electron chi connectivity index (χ3n) is 4.38. The number of aromatic carboxylic acids is 1. The lowest BCUT2D eigenvalue weighted by molar-refractivity contribution is 0.0690. The molecule has 140 valence electrons. The number of hydrogen-bond acceptors (Lipinski definition) is 5. The minimum atomic E-state index is -1.05. The van der Waals surface area contributed by atoms with Crippen molar-refractivity contribution in [3.05, 3.63) is 65.6 Å². The molecule has 3 heterocycles. The number of carbonyl (C=O) groups is 1. The molecular formula is C20H23N5O2. The molecule has 0 saturated heterocycles. The van der Waals surface area contributed by atoms with Gasteiger partial charge in [-0.3, -0.25) is 0 Å². The van der Waals surface area contributed by atoms with Gasteiger partial charge in [0.2, 0.25) is 0 Å². The summed E-state index contributed by atoms with van der Waals surface area (Å²) < 4.78 is 1.65. The van der Waals surface area contributed by atoms with Gasteiger partial charge in [-0.15, -0.1) is 5.10 Å². The first-order valence-electron chi connectivity index (χ1n) is 8.70. The summed E-state index contributed by atoms with van der Waals surface area (Å²) in [5, 5.41) is 13.7. The maximum Gasteiger partial charge on any atom is 0.354 e. The normalized spacial score (nSPS) is 12.2. The van der Waals surface area contributed by atoms with Crippen LogP contribution in [0.5, 0.6) is 0 Å². The zero-order chi connectivity index (χ0) is 19.8. The molecule has 27 heavy (non-hydrogen) atoms. The van der Waals surface area contributed by atoms with Crippen LogP contribution in [0.4, 0.5) is 0 Å². The minimum absolute atomic E-state index is 0.0165. The van der Waals surface area contributed by atoms with E-state index in [9.17, 15) is 9.90 Å². The molecule has 0 bridgehead atoms. The molecule has 0 amide bonds. The van der Waals surface area contributed by atoms with E-state index in [-0.39, 0.29) is 11.1 Å². The van der Waals surface area contributed by atoms with E-state index in [4.69, 9.17) is 4.98 Å². The average Bonchev–Trinajstić information content (AvgIpc) is 3.12. The minimum Gasteiger partial charge on any atom is -0.477 e. The number of carboxylic acid groups (broad SMARTS) is 1. The van der Waals surface area contributed by atoms with Crippen LogP contribution in [-0.2, 0) is 10.8 Å². The Hall–Kier alpha value is -3.09. The van der Waals surface area contributed by atoms with E-state index >= 15 is 0 Å². The lowest BCUT2D eigenvalue weighted by Gasteiger charge is -2.24. The van der Waals surface area contributed by atoms with Crippen LogP contribution >= 0.6 is 0 Å². The molecule has 3 aromatic rings. The van der Waals surface area contributed by atoms with Crippen molar-refractivity contribution in [1.29, 1.82) is 0 Å². The van der Waals surface area contributed by atoms with Gasteiger partial charge in [-0.2, -0.15) is 0 Å². The van der Waals surface area contributed by atoms with E-state index in [1.165, 1.54) is 6.07 Å². The second-order valence-electron chi connectivity index (χ2n) is 7.98. The van der Waals surface area contributed by atoms with Gasteiger partial charge in [0.25, 0.3) is 0 Å². The highest BCUT2D eigenvalue weighted by molar-refractivity contribution is 5.85. The first kappa shape index (κ1) is 18.7. The fourth-order valence-corrected chi connectivity index (χ4v) is 2.65. The number of rotatable bonds is 4. The summed E-state index contributed by atoms with van der Waals surface area (Å²) >= 11 is 0. The maximum absolute atomic E-state index is 11.2. The Bertz CT molecular complexity index is 986. The molecule has 3 aromatic heterocycles. The average molecular weight is 365 g/mol. The Morgan fingerprint density at radius 2 is 1.59 bits per heavy atom. The summed E-state index contributed by atoms with van der Waals surface area (Å²) in [6.07, 6.45) is 1.66. The van der Waals surface area contributed by atoms with E-state index in [0.29, 0.717) is 11.5 Å². The molecule has 0 aromatic carbocycles. The largest absolute Gasteiger partial charge is 0.477 e. The van der Waals surface area contributed by atoms with Gasteiger partial charge in [0.05, 0.1) is 11.4 Å². The summed E-state index contributed by atoms with van der Waals surface area (Å²) in [6.45, 7) is 10.1. The predicted molar refractivity (Wildman–Crippen MR) is 101 cm³/mol. The fraction of sp³-hybridized carbons (Fsp3) is 0.350. The molecule has 0 saturated carbocycles. The molecule has 0 aliphatic rings. The third kappa shape index (κ3) is 3.72. The van der Waals surface area contributed by atoms with Crippen molar-refractivity contribution < 1.29 is 9.90 Å². The van der Waals surface area contributed by atoms with Crippen LogP contribution in [0.15, 0.2) is 42.7 Å². The molecule has 3 rings (SSSR count). The van der Waals surface area contributed by atoms with Crippen molar-refractivity contribution >= 4 is 5.97 Å². The van der Waals surface area contributed by atoms with Crippen molar-refractivity contribution in [3.63, 3.8) is 0 Å². The number of hydrogen-bond donors (Lipinski definition) is 1. The van der Waals surface area contributed by atoms with Gasteiger partial charge in [0.15, 0.2) is 11.6 Å². The van der Waals surface area contributed by atoms with E-state index in [1.807, 2.05) is 38.1 Å². The predicted octanol–water partition coefficient (Wildman–Crippen LogP) is 3.38. The van der Waals surface area contributed by atoms with Crippen molar-refractivity contribution in [2.75, 3.05) is 0 Å². The smallest absolute Gasteiger partial charge is 0.354 e. The second-order valence-corrected chi connectivity index (χ2v) is 7.98. The maximum atomic E-state index is 11.2. The van der Waals surface area contributed by atoms with Crippen LogP contribution in [0.25, 0.3) is 5.82 Å². The summed E-state index contributed by atoms with van der Waals surface area (Å²) in [5.41, 5.74) is 0.699. The van der Waals surface area contributed by atoms with Crippen molar-refractivity contribution in [2.45, 2.75) is 45.4 Å². The highest BCUT2D eigenvalue weighted by atomic mass is 16.4. The number of aromatic nitrogens is 5. The summed E-state index contributed by atoms with van der Waals surface area (Å²) in [6, 6.07) is 10.7. The summed E-state index contributed by atoms with van der Waals surface area (Å²) in [5.74, 6) is 0.342. The van der Waals surface area contributed by atoms with Crippen LogP contribution in [-0.4, -0.2) is 35.8 Å². The number of pyridine rings is 2. The standard InChI is InChI=1S/C20H23N5O2/c1-19(2,3)18-21-12-25(24-18)16-11-7-10-15(23-16)20(4,5)14-9-6-8-13(22-14)17(26)27/h6-12H,1-5H3,(H,26,27). The number of nitrogens with zero attached hydrogens (tertiary/aromatic N) is 5. The fourth-order valence-electron chi connectivity index (χ4n) is 2.65. The zero-order valence-corrected chi connectivity index (χ0v) is 16.1. The highest BCUT2D eigenvalue weighted by Gasteiger charge is 2.28. The van der Waals surface area contributed by atoms with Crippen LogP contribution in [0, 0.1) is 0 Å². The van der Waals surface area contributed by atoms with Gasteiger partial charge >= 0.3 is 5.97 Å². The van der Waals surface area contributed by atoms with Crippen LogP contribution < -0.4 is 0 Å². The Morgan fingerprint density at radius 1 is 0.963 bits per heavy atom. The third-order valence-corrected chi connectivity index (χ3v) is 4.38. The van der Waals surface area contributed by atoms with Crippen molar-refractivity contribution in [3.8, 4) is 5.82 Å². The summed E-state index contributed by atoms with van der Waals surface area (Å²) in [7, 11) is 0. The molecular weight excluding hydrogens is 342 g/mol. The van der Waals surface area contributed by atoms with E-state index in [0.717, 1.165) is 11.5 Å². The van der Waals surface area contributed by atoms with Gasteiger partial charge in [0, 0.05) is 10.8 Å². The number of carboxylic acids is 1. The molecule has 1 N–H and O–H groups in total. The Labute approximate surface area is 158 Å². The zero-order valence-electron chi connectivity index (χ0n) is 16.1. The molecule has 0 aliphatic heterocycles. The Balaban J connectivity index is 2.00. The lowest BCUT2D eigenvalue weighted by atomic mass is 9.84. The molecule has 0 aliphatic carbocycles. The van der Waals surface area contributed by atoms with Gasteiger partial charge < -0.3 is 5.11 Å². The van der Waals surface area contributed by atoms with E-state index in [1.54, 1.807) is 17.1 Å². The first-order chi connectivity index (χ1) is 12.6. The van der Waals surface area contributed by atoms with Gasteiger partial charge in [-0.1, -0.05) is 32.9 Å². The quantitative estimate of drug-likeness (QED) is 0.762. The lowest BCUT2D eigenvalue weighted by Crippen LogP contribution is -2.24. The topological polar surface area (TPSA) is 93.8 Å². The Kier molecular flexibility index (Phi) is 4.55.